The van der Waals surface area contributed by atoms with Crippen molar-refractivity contribution in [1.29, 1.82) is 0 Å². The fraction of sp³-hybridized carbons (Fsp3) is 0.190. The molecule has 0 heterocycles. The van der Waals surface area contributed by atoms with E-state index < -0.39 is 11.9 Å². The van der Waals surface area contributed by atoms with E-state index in [2.05, 4.69) is 6.58 Å². The van der Waals surface area contributed by atoms with Crippen LogP contribution in [-0.4, -0.2) is 31.8 Å². The molecule has 2 aromatic carbocycles. The summed E-state index contributed by atoms with van der Waals surface area (Å²) < 4.78 is 10.3. The van der Waals surface area contributed by atoms with Crippen LogP contribution in [0.15, 0.2) is 54.6 Å². The Kier molecular flexibility index (Phi) is 6.13. The molecule has 6 heteroatoms. The van der Waals surface area contributed by atoms with Crippen molar-refractivity contribution in [2.75, 3.05) is 19.0 Å². The van der Waals surface area contributed by atoms with Gasteiger partial charge in [-0.05, 0) is 43.3 Å². The molecule has 27 heavy (non-hydrogen) atoms. The maximum Gasteiger partial charge on any atom is 0.338 e. The minimum Gasteiger partial charge on any atom is -0.427 e. The molecule has 0 aliphatic heterocycles. The Hall–Kier alpha value is -3.41. The zero-order chi connectivity index (χ0) is 20.1. The zero-order valence-electron chi connectivity index (χ0n) is 15.7. The molecule has 0 atom stereocenters. The SMILES string of the molecule is C=C(C)C(=O)Oc1cc(OC(C)=O)ccc1C(=O)c1ccc(N(C)C)cc1. The summed E-state index contributed by atoms with van der Waals surface area (Å²) in [7, 11) is 3.81. The predicted molar refractivity (Wildman–Crippen MR) is 102 cm³/mol. The van der Waals surface area contributed by atoms with Crippen LogP contribution < -0.4 is 14.4 Å². The van der Waals surface area contributed by atoms with Crippen molar-refractivity contribution in [2.45, 2.75) is 13.8 Å². The number of ether oxygens (including phenoxy) is 2. The van der Waals surface area contributed by atoms with Gasteiger partial charge >= 0.3 is 11.9 Å². The van der Waals surface area contributed by atoms with Crippen molar-refractivity contribution in [1.82, 2.24) is 0 Å². The van der Waals surface area contributed by atoms with Gasteiger partial charge in [0.1, 0.15) is 11.5 Å². The Morgan fingerprint density at radius 3 is 2.07 bits per heavy atom. The highest BCUT2D eigenvalue weighted by atomic mass is 16.5. The van der Waals surface area contributed by atoms with Crippen LogP contribution in [0.25, 0.3) is 0 Å². The first kappa shape index (κ1) is 19.9. The molecule has 0 saturated carbocycles. The highest BCUT2D eigenvalue weighted by molar-refractivity contribution is 6.11. The Balaban J connectivity index is 2.43. The molecule has 0 amide bonds. The topological polar surface area (TPSA) is 72.9 Å². The van der Waals surface area contributed by atoms with Crippen molar-refractivity contribution >= 4 is 23.4 Å². The van der Waals surface area contributed by atoms with Gasteiger partial charge in [0, 0.05) is 43.9 Å². The van der Waals surface area contributed by atoms with E-state index in [-0.39, 0.29) is 28.4 Å². The quantitative estimate of drug-likeness (QED) is 0.337. The van der Waals surface area contributed by atoms with E-state index in [9.17, 15) is 14.4 Å². The van der Waals surface area contributed by atoms with Crippen molar-refractivity contribution < 1.29 is 23.9 Å². The highest BCUT2D eigenvalue weighted by Crippen LogP contribution is 2.28. The fourth-order valence-electron chi connectivity index (χ4n) is 2.26. The lowest BCUT2D eigenvalue weighted by atomic mass is 10.0. The van der Waals surface area contributed by atoms with Gasteiger partial charge in [-0.25, -0.2) is 4.79 Å². The highest BCUT2D eigenvalue weighted by Gasteiger charge is 2.19. The van der Waals surface area contributed by atoms with Gasteiger partial charge in [0.05, 0.1) is 5.56 Å². The van der Waals surface area contributed by atoms with Crippen molar-refractivity contribution in [3.8, 4) is 11.5 Å². The van der Waals surface area contributed by atoms with Crippen LogP contribution >= 0.6 is 0 Å². The van der Waals surface area contributed by atoms with Crippen LogP contribution in [0, 0.1) is 0 Å². The van der Waals surface area contributed by atoms with Gasteiger partial charge in [-0.3, -0.25) is 9.59 Å². The number of carbonyl (C=O) groups excluding carboxylic acids is 3. The second-order valence-electron chi connectivity index (χ2n) is 6.19. The third kappa shape index (κ3) is 5.04. The van der Waals surface area contributed by atoms with Crippen molar-refractivity contribution in [2.24, 2.45) is 0 Å². The average Bonchev–Trinajstić information content (AvgIpc) is 2.61. The van der Waals surface area contributed by atoms with E-state index in [1.165, 1.54) is 32.0 Å². The molecule has 0 spiro atoms. The van der Waals surface area contributed by atoms with Crippen LogP contribution in [-0.2, 0) is 9.59 Å². The van der Waals surface area contributed by atoms with E-state index in [0.29, 0.717) is 5.56 Å². The summed E-state index contributed by atoms with van der Waals surface area (Å²) >= 11 is 0. The fourth-order valence-corrected chi connectivity index (χ4v) is 2.26. The molecule has 140 valence electrons. The van der Waals surface area contributed by atoms with Gasteiger partial charge in [0.25, 0.3) is 0 Å². The Bertz CT molecular complexity index is 897. The van der Waals surface area contributed by atoms with Crippen molar-refractivity contribution in [3.05, 3.63) is 65.7 Å². The number of esters is 2. The Morgan fingerprint density at radius 2 is 1.56 bits per heavy atom. The number of hydrogen-bond donors (Lipinski definition) is 0. The zero-order valence-corrected chi connectivity index (χ0v) is 15.7. The number of nitrogens with zero attached hydrogens (tertiary/aromatic N) is 1. The Labute approximate surface area is 158 Å². The number of rotatable bonds is 6. The summed E-state index contributed by atoms with van der Waals surface area (Å²) in [5.41, 5.74) is 1.75. The van der Waals surface area contributed by atoms with Gasteiger partial charge in [-0.2, -0.15) is 0 Å². The molecule has 0 N–H and O–H groups in total. The lowest BCUT2D eigenvalue weighted by molar-refractivity contribution is -0.132. The van der Waals surface area contributed by atoms with Crippen LogP contribution in [0.5, 0.6) is 11.5 Å². The monoisotopic (exact) mass is 367 g/mol. The van der Waals surface area contributed by atoms with E-state index in [0.717, 1.165) is 5.69 Å². The molecule has 2 rings (SSSR count). The molecule has 0 unspecified atom stereocenters. The Morgan fingerprint density at radius 1 is 0.926 bits per heavy atom. The maximum absolute atomic E-state index is 12.9. The molecular formula is C21H21NO5. The third-order valence-corrected chi connectivity index (χ3v) is 3.66. The normalized spacial score (nSPS) is 10.1. The second-order valence-corrected chi connectivity index (χ2v) is 6.19. The van der Waals surface area contributed by atoms with Crippen LogP contribution in [0.1, 0.15) is 29.8 Å². The van der Waals surface area contributed by atoms with Gasteiger partial charge in [-0.15, -0.1) is 0 Å². The molecule has 0 fully saturated rings. The molecule has 0 aliphatic rings. The summed E-state index contributed by atoms with van der Waals surface area (Å²) in [6.45, 7) is 6.29. The van der Waals surface area contributed by atoms with E-state index in [1.807, 2.05) is 31.1 Å². The number of benzene rings is 2. The molecule has 6 nitrogen and oxygen atoms in total. The lowest BCUT2D eigenvalue weighted by Gasteiger charge is -2.14. The van der Waals surface area contributed by atoms with Gasteiger partial charge in [0.15, 0.2) is 5.78 Å². The maximum atomic E-state index is 12.9. The van der Waals surface area contributed by atoms with Crippen LogP contribution in [0.3, 0.4) is 0 Å². The summed E-state index contributed by atoms with van der Waals surface area (Å²) in [5, 5.41) is 0. The lowest BCUT2D eigenvalue weighted by Crippen LogP contribution is -2.13. The minimum absolute atomic E-state index is 0.00318. The molecule has 0 aliphatic carbocycles. The smallest absolute Gasteiger partial charge is 0.338 e. The second kappa shape index (κ2) is 8.31. The standard InChI is InChI=1S/C21H21NO5/c1-13(2)21(25)27-19-12-17(26-14(3)23)10-11-18(19)20(24)15-6-8-16(9-7-15)22(4)5/h6-12H,1H2,2-5H3. The first-order valence-corrected chi connectivity index (χ1v) is 8.21. The van der Waals surface area contributed by atoms with Crippen LogP contribution in [0.4, 0.5) is 5.69 Å². The molecule has 0 radical (unpaired) electrons. The third-order valence-electron chi connectivity index (χ3n) is 3.66. The van der Waals surface area contributed by atoms with E-state index in [4.69, 9.17) is 9.47 Å². The summed E-state index contributed by atoms with van der Waals surface area (Å²) in [4.78, 5) is 37.9. The molecular weight excluding hydrogens is 346 g/mol. The molecule has 0 bridgehead atoms. The van der Waals surface area contributed by atoms with E-state index in [1.54, 1.807) is 12.1 Å². The number of carbonyl (C=O) groups is 3. The van der Waals surface area contributed by atoms with Gasteiger partial charge < -0.3 is 14.4 Å². The number of anilines is 1. The largest absolute Gasteiger partial charge is 0.427 e. The van der Waals surface area contributed by atoms with Gasteiger partial charge in [-0.1, -0.05) is 6.58 Å². The summed E-state index contributed by atoms with van der Waals surface area (Å²) in [5.74, 6) is -1.34. The van der Waals surface area contributed by atoms with E-state index >= 15 is 0 Å². The molecule has 0 aromatic heterocycles. The number of ketones is 1. The molecule has 2 aromatic rings. The average molecular weight is 367 g/mol. The minimum atomic E-state index is -0.674. The predicted octanol–water partition coefficient (Wildman–Crippen LogP) is 3.39. The summed E-state index contributed by atoms with van der Waals surface area (Å²) in [6.07, 6.45) is 0. The first-order valence-electron chi connectivity index (χ1n) is 8.21. The van der Waals surface area contributed by atoms with Crippen molar-refractivity contribution in [3.63, 3.8) is 0 Å². The molecule has 0 saturated heterocycles. The summed E-state index contributed by atoms with van der Waals surface area (Å²) in [6, 6.07) is 11.3. The first-order chi connectivity index (χ1) is 12.7. The van der Waals surface area contributed by atoms with Gasteiger partial charge in [0.2, 0.25) is 0 Å². The number of hydrogen-bond acceptors (Lipinski definition) is 6. The van der Waals surface area contributed by atoms with Crippen LogP contribution in [0.2, 0.25) is 0 Å².